The number of aryl methyl sites for hydroxylation is 2. The van der Waals surface area contributed by atoms with E-state index in [1.54, 1.807) is 11.8 Å². The fourth-order valence-corrected chi connectivity index (χ4v) is 5.17. The van der Waals surface area contributed by atoms with Crippen molar-refractivity contribution in [1.82, 2.24) is 14.7 Å². The minimum atomic E-state index is 0.0432. The fraction of sp³-hybridized carbons (Fsp3) is 0.474. The number of amides is 1. The van der Waals surface area contributed by atoms with E-state index in [0.29, 0.717) is 11.9 Å². The van der Waals surface area contributed by atoms with Gasteiger partial charge in [-0.1, -0.05) is 18.2 Å². The number of likely N-dealkylation sites (tertiary alicyclic amines) is 1. The van der Waals surface area contributed by atoms with Gasteiger partial charge in [-0.25, -0.2) is 0 Å². The minimum Gasteiger partial charge on any atom is -0.340 e. The molecule has 0 radical (unpaired) electrons. The van der Waals surface area contributed by atoms with Gasteiger partial charge in [0.1, 0.15) is 0 Å². The Hall–Kier alpha value is -1.75. The van der Waals surface area contributed by atoms with Crippen LogP contribution >= 0.6 is 11.8 Å². The van der Waals surface area contributed by atoms with Gasteiger partial charge < -0.3 is 4.90 Å². The number of carbonyl (C=O) groups excluding carboxylic acids is 1. The van der Waals surface area contributed by atoms with E-state index in [1.807, 2.05) is 6.92 Å². The Morgan fingerprint density at radius 2 is 2.12 bits per heavy atom. The maximum Gasteiger partial charge on any atom is 0.236 e. The number of carbonyl (C=O) groups is 1. The number of aromatic nitrogens is 2. The highest BCUT2D eigenvalue weighted by Crippen LogP contribution is 2.38. The van der Waals surface area contributed by atoms with Crippen molar-refractivity contribution in [2.24, 2.45) is 0 Å². The van der Waals surface area contributed by atoms with E-state index < -0.39 is 0 Å². The van der Waals surface area contributed by atoms with Gasteiger partial charge in [-0.3, -0.25) is 9.48 Å². The third-order valence-electron chi connectivity index (χ3n) is 5.02. The zero-order valence-corrected chi connectivity index (χ0v) is 15.1. The predicted octanol–water partition coefficient (Wildman–Crippen LogP) is 3.38. The van der Waals surface area contributed by atoms with E-state index >= 15 is 0 Å². The topological polar surface area (TPSA) is 38.1 Å². The molecule has 2 aliphatic heterocycles. The molecule has 0 unspecified atom stereocenters. The lowest BCUT2D eigenvalue weighted by Gasteiger charge is -2.34. The van der Waals surface area contributed by atoms with Crippen molar-refractivity contribution < 1.29 is 4.79 Å². The first-order chi connectivity index (χ1) is 11.6. The number of thioether (sulfide) groups is 1. The molecule has 1 aromatic carbocycles. The van der Waals surface area contributed by atoms with Crippen LogP contribution in [-0.4, -0.2) is 38.9 Å². The van der Waals surface area contributed by atoms with Gasteiger partial charge in [0, 0.05) is 23.7 Å². The molecular weight excluding hydrogens is 318 g/mol. The Labute approximate surface area is 147 Å². The van der Waals surface area contributed by atoms with Gasteiger partial charge in [0.25, 0.3) is 0 Å². The van der Waals surface area contributed by atoms with Gasteiger partial charge in [0.2, 0.25) is 5.91 Å². The summed E-state index contributed by atoms with van der Waals surface area (Å²) < 4.78 is 2.12. The van der Waals surface area contributed by atoms with Crippen LogP contribution in [0.15, 0.2) is 35.2 Å². The summed E-state index contributed by atoms with van der Waals surface area (Å²) in [6.07, 6.45) is 3.02. The van der Waals surface area contributed by atoms with Crippen LogP contribution in [0.3, 0.4) is 0 Å². The molecule has 0 spiro atoms. The van der Waals surface area contributed by atoms with Crippen LogP contribution in [0.25, 0.3) is 0 Å². The maximum absolute atomic E-state index is 13.0. The van der Waals surface area contributed by atoms with Gasteiger partial charge in [-0.15, -0.1) is 11.8 Å². The summed E-state index contributed by atoms with van der Waals surface area (Å²) in [5.41, 5.74) is 3.56. The summed E-state index contributed by atoms with van der Waals surface area (Å²) in [6.45, 7) is 5.79. The molecular formula is C19H23N3OS. The first-order valence-electron chi connectivity index (χ1n) is 8.68. The molecule has 1 amide bonds. The average molecular weight is 341 g/mol. The third-order valence-corrected chi connectivity index (χ3v) is 6.33. The Morgan fingerprint density at radius 3 is 2.88 bits per heavy atom. The summed E-state index contributed by atoms with van der Waals surface area (Å²) in [6, 6.07) is 10.8. The van der Waals surface area contributed by atoms with E-state index in [0.717, 1.165) is 38.0 Å². The Kier molecular flexibility index (Phi) is 4.12. The van der Waals surface area contributed by atoms with E-state index in [4.69, 9.17) is 0 Å². The van der Waals surface area contributed by atoms with Gasteiger partial charge >= 0.3 is 0 Å². The van der Waals surface area contributed by atoms with Gasteiger partial charge in [-0.05, 0) is 50.8 Å². The number of hydrogen-bond donors (Lipinski definition) is 0. The smallest absolute Gasteiger partial charge is 0.236 e. The first-order valence-corrected chi connectivity index (χ1v) is 9.56. The van der Waals surface area contributed by atoms with Crippen LogP contribution in [0, 0.1) is 13.8 Å². The molecule has 0 bridgehead atoms. The molecule has 0 N–H and O–H groups in total. The summed E-state index contributed by atoms with van der Waals surface area (Å²) >= 11 is 1.73. The normalized spacial score (nSPS) is 23.3. The highest BCUT2D eigenvalue weighted by atomic mass is 32.2. The molecule has 126 valence electrons. The minimum absolute atomic E-state index is 0.0432. The molecule has 24 heavy (non-hydrogen) atoms. The quantitative estimate of drug-likeness (QED) is 0.840. The molecule has 4 rings (SSSR count). The van der Waals surface area contributed by atoms with E-state index in [9.17, 15) is 4.79 Å². The Morgan fingerprint density at radius 1 is 1.29 bits per heavy atom. The predicted molar refractivity (Wildman–Crippen MR) is 96.3 cm³/mol. The molecule has 1 saturated heterocycles. The van der Waals surface area contributed by atoms with Crippen molar-refractivity contribution in [3.8, 4) is 0 Å². The number of nitrogens with zero attached hydrogens (tertiary/aromatic N) is 3. The van der Waals surface area contributed by atoms with Gasteiger partial charge in [0.15, 0.2) is 0 Å². The van der Waals surface area contributed by atoms with Crippen molar-refractivity contribution in [2.45, 2.75) is 49.3 Å². The molecule has 2 aromatic rings. The van der Waals surface area contributed by atoms with E-state index in [-0.39, 0.29) is 5.25 Å². The summed E-state index contributed by atoms with van der Waals surface area (Å²) in [7, 11) is 0. The monoisotopic (exact) mass is 341 g/mol. The van der Waals surface area contributed by atoms with E-state index in [2.05, 4.69) is 51.9 Å². The second-order valence-corrected chi connectivity index (χ2v) is 8.11. The summed E-state index contributed by atoms with van der Waals surface area (Å²) in [5.74, 6) is 0.294. The van der Waals surface area contributed by atoms with Crippen molar-refractivity contribution in [3.05, 3.63) is 47.3 Å². The number of benzene rings is 1. The molecule has 2 atom stereocenters. The van der Waals surface area contributed by atoms with Crippen molar-refractivity contribution in [1.29, 1.82) is 0 Å². The van der Waals surface area contributed by atoms with Crippen LogP contribution in [0.1, 0.15) is 35.8 Å². The highest BCUT2D eigenvalue weighted by Gasteiger charge is 2.34. The molecule has 2 aliphatic rings. The van der Waals surface area contributed by atoms with Crippen LogP contribution < -0.4 is 0 Å². The van der Waals surface area contributed by atoms with Gasteiger partial charge in [-0.2, -0.15) is 5.10 Å². The summed E-state index contributed by atoms with van der Waals surface area (Å²) in [4.78, 5) is 16.3. The Bertz CT molecular complexity index is 745. The zero-order chi connectivity index (χ0) is 16.7. The van der Waals surface area contributed by atoms with Crippen LogP contribution in [0.5, 0.6) is 0 Å². The third kappa shape index (κ3) is 2.86. The fourth-order valence-electron chi connectivity index (χ4n) is 3.89. The molecule has 3 heterocycles. The van der Waals surface area contributed by atoms with Crippen molar-refractivity contribution in [3.63, 3.8) is 0 Å². The number of hydrogen-bond acceptors (Lipinski definition) is 3. The molecule has 5 heteroatoms. The SMILES string of the molecule is Cc1cc(C)n([C@H]2CCCN(C(=O)[C@@H]3Cc4ccccc4S3)C2)n1. The molecule has 0 saturated carbocycles. The van der Waals surface area contributed by atoms with Crippen LogP contribution in [0.2, 0.25) is 0 Å². The van der Waals surface area contributed by atoms with Crippen LogP contribution in [-0.2, 0) is 11.2 Å². The lowest BCUT2D eigenvalue weighted by molar-refractivity contribution is -0.132. The standard InChI is InChI=1S/C19H23N3OS/c1-13-10-14(2)22(20-13)16-7-5-9-21(12-16)19(23)18-11-15-6-3-4-8-17(15)24-18/h3-4,6,8,10,16,18H,5,7,9,11-12H2,1-2H3/t16-,18-/m0/s1. The van der Waals surface area contributed by atoms with E-state index in [1.165, 1.54) is 16.2 Å². The average Bonchev–Trinajstić information content (AvgIpc) is 3.17. The second-order valence-electron chi connectivity index (χ2n) is 6.87. The Balaban J connectivity index is 1.47. The lowest BCUT2D eigenvalue weighted by Crippen LogP contribution is -2.44. The zero-order valence-electron chi connectivity index (χ0n) is 14.2. The molecule has 4 nitrogen and oxygen atoms in total. The maximum atomic E-state index is 13.0. The lowest BCUT2D eigenvalue weighted by atomic mass is 10.0. The summed E-state index contributed by atoms with van der Waals surface area (Å²) in [5, 5.41) is 4.67. The number of piperidine rings is 1. The first kappa shape index (κ1) is 15.8. The number of rotatable bonds is 2. The second kappa shape index (κ2) is 6.28. The van der Waals surface area contributed by atoms with Crippen molar-refractivity contribution >= 4 is 17.7 Å². The molecule has 1 fully saturated rings. The van der Waals surface area contributed by atoms with Gasteiger partial charge in [0.05, 0.1) is 17.0 Å². The number of fused-ring (bicyclic) bond motifs is 1. The van der Waals surface area contributed by atoms with Crippen LogP contribution in [0.4, 0.5) is 0 Å². The largest absolute Gasteiger partial charge is 0.340 e. The molecule has 0 aliphatic carbocycles. The molecule has 1 aromatic heterocycles. The highest BCUT2D eigenvalue weighted by molar-refractivity contribution is 8.01. The van der Waals surface area contributed by atoms with Crippen molar-refractivity contribution in [2.75, 3.05) is 13.1 Å².